The van der Waals surface area contributed by atoms with Gasteiger partial charge in [-0.3, -0.25) is 0 Å². The maximum atomic E-state index is 3.78. The van der Waals surface area contributed by atoms with Gasteiger partial charge in [0.05, 0.1) is 12.4 Å². The first kappa shape index (κ1) is 7.13. The van der Waals surface area contributed by atoms with Gasteiger partial charge < -0.3 is 4.57 Å². The summed E-state index contributed by atoms with van der Waals surface area (Å²) in [6.07, 6.45) is 3.98. The van der Waals surface area contributed by atoms with Crippen molar-refractivity contribution in [3.05, 3.63) is 37.1 Å². The van der Waals surface area contributed by atoms with Gasteiger partial charge in [0.15, 0.2) is 0 Å². The molecule has 1 aromatic rings. The number of hydrogen-bond donors (Lipinski definition) is 0. The zero-order valence-corrected chi connectivity index (χ0v) is 6.54. The molecule has 10 heavy (non-hydrogen) atoms. The van der Waals surface area contributed by atoms with Crippen molar-refractivity contribution < 1.29 is 4.57 Å². The van der Waals surface area contributed by atoms with Crippen LogP contribution in [-0.2, 0) is 0 Å². The van der Waals surface area contributed by atoms with Crippen molar-refractivity contribution in [3.63, 3.8) is 0 Å². The van der Waals surface area contributed by atoms with Crippen LogP contribution in [0.1, 0.15) is 25.3 Å². The fourth-order valence-electron chi connectivity index (χ4n) is 0.884. The van der Waals surface area contributed by atoms with Gasteiger partial charge in [-0.1, -0.05) is 26.0 Å². The maximum absolute atomic E-state index is 3.78. The van der Waals surface area contributed by atoms with E-state index in [4.69, 9.17) is 0 Å². The first-order valence-electron chi connectivity index (χ1n) is 3.52. The molecule has 1 rings (SSSR count). The highest BCUT2D eigenvalue weighted by Gasteiger charge is 1.96. The van der Waals surface area contributed by atoms with Crippen LogP contribution in [0.15, 0.2) is 24.5 Å². The summed E-state index contributed by atoms with van der Waals surface area (Å²) in [5.41, 5.74) is 1.33. The Labute approximate surface area is 62.3 Å². The second-order valence-electron chi connectivity index (χ2n) is 2.81. The summed E-state index contributed by atoms with van der Waals surface area (Å²) in [5, 5.41) is 0. The molecule has 0 saturated heterocycles. The van der Waals surface area contributed by atoms with Gasteiger partial charge >= 0.3 is 0 Å². The van der Waals surface area contributed by atoms with Crippen LogP contribution in [0.4, 0.5) is 0 Å². The fraction of sp³-hybridized carbons (Fsp3) is 0.333. The van der Waals surface area contributed by atoms with Gasteiger partial charge in [-0.2, -0.15) is 0 Å². The summed E-state index contributed by atoms with van der Waals surface area (Å²) >= 11 is 0. The highest BCUT2D eigenvalue weighted by Crippen LogP contribution is 2.09. The molecule has 0 aliphatic carbocycles. The average Bonchev–Trinajstić information content (AvgIpc) is 1.88. The van der Waals surface area contributed by atoms with Crippen LogP contribution >= 0.6 is 0 Å². The minimum absolute atomic E-state index is 0.592. The van der Waals surface area contributed by atoms with E-state index in [9.17, 15) is 0 Å². The SMILES string of the molecule is [CH2-][n+]1cccc(C(C)C)c1. The molecule has 0 atom stereocenters. The van der Waals surface area contributed by atoms with Gasteiger partial charge in [0, 0.05) is 7.05 Å². The molecule has 0 aliphatic heterocycles. The summed E-state index contributed by atoms with van der Waals surface area (Å²) < 4.78 is 1.83. The van der Waals surface area contributed by atoms with Crippen LogP contribution in [0.3, 0.4) is 0 Å². The molecule has 1 heterocycles. The van der Waals surface area contributed by atoms with Crippen LogP contribution in [0.5, 0.6) is 0 Å². The van der Waals surface area contributed by atoms with Crippen molar-refractivity contribution in [2.45, 2.75) is 19.8 Å². The monoisotopic (exact) mass is 135 g/mol. The first-order chi connectivity index (χ1) is 4.70. The van der Waals surface area contributed by atoms with Gasteiger partial charge in [0.1, 0.15) is 0 Å². The Morgan fingerprint density at radius 1 is 1.50 bits per heavy atom. The van der Waals surface area contributed by atoms with Crippen molar-refractivity contribution in [3.8, 4) is 0 Å². The predicted molar refractivity (Wildman–Crippen MR) is 41.5 cm³/mol. The second-order valence-corrected chi connectivity index (χ2v) is 2.81. The third kappa shape index (κ3) is 1.50. The van der Waals surface area contributed by atoms with Crippen LogP contribution in [0.2, 0.25) is 0 Å². The minimum atomic E-state index is 0.592. The van der Waals surface area contributed by atoms with E-state index in [-0.39, 0.29) is 0 Å². The summed E-state index contributed by atoms with van der Waals surface area (Å²) in [7, 11) is 3.78. The summed E-state index contributed by atoms with van der Waals surface area (Å²) in [5.74, 6) is 0.592. The zero-order valence-electron chi connectivity index (χ0n) is 6.54. The highest BCUT2D eigenvalue weighted by molar-refractivity contribution is 5.09. The van der Waals surface area contributed by atoms with Crippen LogP contribution in [0.25, 0.3) is 0 Å². The Bertz CT molecular complexity index is 216. The molecule has 0 spiro atoms. The molecule has 0 aromatic carbocycles. The third-order valence-electron chi connectivity index (χ3n) is 1.55. The lowest BCUT2D eigenvalue weighted by Gasteiger charge is -2.05. The van der Waals surface area contributed by atoms with Gasteiger partial charge in [0.2, 0.25) is 0 Å². The molecule has 1 nitrogen and oxygen atoms in total. The van der Waals surface area contributed by atoms with Gasteiger partial charge in [-0.05, 0) is 11.5 Å². The third-order valence-corrected chi connectivity index (χ3v) is 1.55. The van der Waals surface area contributed by atoms with E-state index in [0.29, 0.717) is 5.92 Å². The molecule has 0 unspecified atom stereocenters. The molecule has 0 amide bonds. The average molecular weight is 135 g/mol. The fourth-order valence-corrected chi connectivity index (χ4v) is 0.884. The molecule has 0 N–H and O–H groups in total. The quantitative estimate of drug-likeness (QED) is 0.408. The number of aromatic nitrogens is 1. The zero-order chi connectivity index (χ0) is 7.56. The maximum Gasteiger partial charge on any atom is 0.0725 e. The van der Waals surface area contributed by atoms with E-state index >= 15 is 0 Å². The van der Waals surface area contributed by atoms with Gasteiger partial charge in [0.25, 0.3) is 0 Å². The Balaban J connectivity index is 2.96. The topological polar surface area (TPSA) is 3.88 Å². The van der Waals surface area contributed by atoms with Crippen molar-refractivity contribution in [2.24, 2.45) is 0 Å². The van der Waals surface area contributed by atoms with E-state index in [1.807, 2.05) is 23.0 Å². The van der Waals surface area contributed by atoms with Crippen LogP contribution in [0, 0.1) is 7.05 Å². The molecule has 0 aliphatic rings. The summed E-state index contributed by atoms with van der Waals surface area (Å²) in [6, 6.07) is 4.13. The van der Waals surface area contributed by atoms with E-state index in [2.05, 4.69) is 27.0 Å². The van der Waals surface area contributed by atoms with Gasteiger partial charge in [-0.25, -0.2) is 0 Å². The van der Waals surface area contributed by atoms with Gasteiger partial charge in [-0.15, -0.1) is 0 Å². The Morgan fingerprint density at radius 3 is 2.60 bits per heavy atom. The first-order valence-corrected chi connectivity index (χ1v) is 3.52. The van der Waals surface area contributed by atoms with E-state index in [1.165, 1.54) is 5.56 Å². The number of nitrogens with zero attached hydrogens (tertiary/aromatic N) is 1. The van der Waals surface area contributed by atoms with E-state index in [0.717, 1.165) is 0 Å². The molecule has 54 valence electrons. The Hall–Kier alpha value is -0.980. The normalized spacial score (nSPS) is 10.3. The van der Waals surface area contributed by atoms with Crippen molar-refractivity contribution >= 4 is 0 Å². The number of rotatable bonds is 1. The van der Waals surface area contributed by atoms with E-state index < -0.39 is 0 Å². The lowest BCUT2D eigenvalue weighted by atomic mass is 10.1. The predicted octanol–water partition coefficient (Wildman–Crippen LogP) is 1.74. The molecule has 0 fully saturated rings. The Kier molecular flexibility index (Phi) is 1.95. The standard InChI is InChI=1S/C9H13N/c1-8(2)9-5-4-6-10(3)7-9/h4-8H,3H2,1-2H3. The lowest BCUT2D eigenvalue weighted by Crippen LogP contribution is -2.24. The van der Waals surface area contributed by atoms with E-state index in [1.54, 1.807) is 0 Å². The smallest absolute Gasteiger partial charge is 0.0725 e. The highest BCUT2D eigenvalue weighted by atomic mass is 14.9. The molecular formula is C9H13N. The van der Waals surface area contributed by atoms with Crippen molar-refractivity contribution in [1.82, 2.24) is 0 Å². The summed E-state index contributed by atoms with van der Waals surface area (Å²) in [4.78, 5) is 0. The second kappa shape index (κ2) is 2.74. The molecule has 0 radical (unpaired) electrons. The Morgan fingerprint density at radius 2 is 2.20 bits per heavy atom. The molecule has 0 bridgehead atoms. The summed E-state index contributed by atoms with van der Waals surface area (Å²) in [6.45, 7) is 4.35. The molecular weight excluding hydrogens is 122 g/mol. The minimum Gasteiger partial charge on any atom is -0.339 e. The van der Waals surface area contributed by atoms with Crippen molar-refractivity contribution in [2.75, 3.05) is 0 Å². The van der Waals surface area contributed by atoms with Crippen LogP contribution in [-0.4, -0.2) is 0 Å². The lowest BCUT2D eigenvalue weighted by molar-refractivity contribution is -0.612. The molecule has 1 heteroatoms. The number of pyridine rings is 1. The largest absolute Gasteiger partial charge is 0.339 e. The molecule has 0 saturated carbocycles. The number of hydrogen-bond acceptors (Lipinski definition) is 0. The van der Waals surface area contributed by atoms with Crippen molar-refractivity contribution in [1.29, 1.82) is 0 Å². The van der Waals surface area contributed by atoms with Crippen LogP contribution < -0.4 is 4.57 Å². The molecule has 1 aromatic heterocycles.